The summed E-state index contributed by atoms with van der Waals surface area (Å²) in [6.45, 7) is 10.5. The molecule has 0 saturated heterocycles. The van der Waals surface area contributed by atoms with Gasteiger partial charge < -0.3 is 14.3 Å². The van der Waals surface area contributed by atoms with Crippen LogP contribution in [0.1, 0.15) is 38.9 Å². The van der Waals surface area contributed by atoms with Crippen LogP contribution in [0.15, 0.2) is 35.7 Å². The van der Waals surface area contributed by atoms with E-state index < -0.39 is 31.8 Å². The summed E-state index contributed by atoms with van der Waals surface area (Å²) >= 11 is 5.96. The second-order valence-corrected chi connectivity index (χ2v) is 12.7. The standard InChI is InChI=1S/C18H25ClN2O4Si/c1-18(2,3)26(5,6)25-15(12-7-9-13(19)10-8-12)11-14(22)16(21-20)17(23)24-4/h7-10,15H,11H2,1-6H3/p+1. The summed E-state index contributed by atoms with van der Waals surface area (Å²) in [6, 6.07) is 7.08. The summed E-state index contributed by atoms with van der Waals surface area (Å²) in [6.07, 6.45) is -0.572. The van der Waals surface area contributed by atoms with Crippen LogP contribution in [0.25, 0.3) is 4.98 Å². The molecule has 0 heterocycles. The van der Waals surface area contributed by atoms with Crippen molar-refractivity contribution in [2.24, 2.45) is 0 Å². The second-order valence-electron chi connectivity index (χ2n) is 7.51. The first-order valence-electron chi connectivity index (χ1n) is 8.21. The van der Waals surface area contributed by atoms with Gasteiger partial charge >= 0.3 is 11.7 Å². The van der Waals surface area contributed by atoms with Crippen LogP contribution in [-0.4, -0.2) is 26.5 Å². The zero-order valence-electron chi connectivity index (χ0n) is 16.0. The first-order valence-corrected chi connectivity index (χ1v) is 11.5. The fourth-order valence-electron chi connectivity index (χ4n) is 2.02. The molecule has 8 heteroatoms. The first kappa shape index (κ1) is 22.2. The number of aliphatic hydroxyl groups excluding tert-OH is 1. The third kappa shape index (κ3) is 5.56. The SMILES string of the molecule is COC(=O)/C([N+]#N)=C(\O)CC(O[Si](C)(C)C(C)(C)C)c1ccc(Cl)cc1. The summed E-state index contributed by atoms with van der Waals surface area (Å²) < 4.78 is 11.0. The molecule has 1 N–H and O–H groups in total. The fraction of sp³-hybridized carbons (Fsp3) is 0.500. The van der Waals surface area contributed by atoms with E-state index in [-0.39, 0.29) is 11.5 Å². The molecule has 0 saturated carbocycles. The Hall–Kier alpha value is -1.88. The lowest BCUT2D eigenvalue weighted by atomic mass is 10.1. The molecular formula is C18H26ClN2O4Si+. The van der Waals surface area contributed by atoms with Gasteiger partial charge in [-0.25, -0.2) is 4.79 Å². The zero-order valence-corrected chi connectivity index (χ0v) is 17.8. The fourth-order valence-corrected chi connectivity index (χ4v) is 3.43. The van der Waals surface area contributed by atoms with Crippen molar-refractivity contribution in [2.75, 3.05) is 7.11 Å². The van der Waals surface area contributed by atoms with Crippen LogP contribution in [0.5, 0.6) is 0 Å². The van der Waals surface area contributed by atoms with E-state index >= 15 is 0 Å². The predicted molar refractivity (Wildman–Crippen MR) is 104 cm³/mol. The summed E-state index contributed by atoms with van der Waals surface area (Å²) in [7, 11) is -1.05. The van der Waals surface area contributed by atoms with E-state index in [9.17, 15) is 9.90 Å². The molecule has 0 spiro atoms. The number of methoxy groups -OCH3 is 1. The summed E-state index contributed by atoms with van der Waals surface area (Å²) in [5.74, 6) is -1.33. The van der Waals surface area contributed by atoms with Crippen molar-refractivity contribution in [1.82, 2.24) is 0 Å². The molecule has 0 aromatic heterocycles. The average molecular weight is 398 g/mol. The Morgan fingerprint density at radius 1 is 1.31 bits per heavy atom. The van der Waals surface area contributed by atoms with Gasteiger partial charge in [0.15, 0.2) is 19.1 Å². The molecule has 0 amide bonds. The molecule has 0 fully saturated rings. The van der Waals surface area contributed by atoms with Crippen molar-refractivity contribution < 1.29 is 19.1 Å². The van der Waals surface area contributed by atoms with Gasteiger partial charge in [0, 0.05) is 11.4 Å². The van der Waals surface area contributed by atoms with E-state index in [1.165, 1.54) is 0 Å². The molecule has 1 atom stereocenters. The van der Waals surface area contributed by atoms with E-state index in [0.717, 1.165) is 12.7 Å². The Labute approximate surface area is 160 Å². The molecular weight excluding hydrogens is 372 g/mol. The molecule has 0 aliphatic rings. The largest absolute Gasteiger partial charge is 0.505 e. The number of esters is 1. The lowest BCUT2D eigenvalue weighted by Gasteiger charge is -2.39. The van der Waals surface area contributed by atoms with Crippen molar-refractivity contribution in [1.29, 1.82) is 5.39 Å². The number of nitrogens with zero attached hydrogens (tertiary/aromatic N) is 2. The highest BCUT2D eigenvalue weighted by molar-refractivity contribution is 6.74. The highest BCUT2D eigenvalue weighted by Gasteiger charge is 2.40. The number of hydrogen-bond donors (Lipinski definition) is 1. The average Bonchev–Trinajstić information content (AvgIpc) is 2.54. The van der Waals surface area contributed by atoms with Gasteiger partial charge in [-0.1, -0.05) is 44.5 Å². The number of diazo groups is 1. The van der Waals surface area contributed by atoms with Crippen molar-refractivity contribution >= 4 is 25.9 Å². The van der Waals surface area contributed by atoms with Crippen LogP contribution in [0.2, 0.25) is 23.2 Å². The minimum Gasteiger partial charge on any atom is -0.505 e. The Morgan fingerprint density at radius 2 is 1.85 bits per heavy atom. The molecule has 0 bridgehead atoms. The van der Waals surface area contributed by atoms with Gasteiger partial charge in [-0.05, 0) is 35.8 Å². The third-order valence-electron chi connectivity index (χ3n) is 4.62. The Morgan fingerprint density at radius 3 is 2.27 bits per heavy atom. The van der Waals surface area contributed by atoms with Crippen LogP contribution >= 0.6 is 11.6 Å². The number of benzene rings is 1. The molecule has 1 rings (SSSR count). The Bertz CT molecular complexity index is 718. The third-order valence-corrected chi connectivity index (χ3v) is 9.35. The molecule has 142 valence electrons. The van der Waals surface area contributed by atoms with Crippen LogP contribution in [-0.2, 0) is 14.0 Å². The van der Waals surface area contributed by atoms with Crippen molar-refractivity contribution in [3.8, 4) is 0 Å². The van der Waals surface area contributed by atoms with Gasteiger partial charge in [0.1, 0.15) is 0 Å². The Kier molecular flexibility index (Phi) is 7.39. The minimum atomic E-state index is -2.19. The van der Waals surface area contributed by atoms with Gasteiger partial charge in [0.05, 0.1) is 13.2 Å². The number of ether oxygens (including phenoxy) is 1. The summed E-state index contributed by atoms with van der Waals surface area (Å²) in [5.41, 5.74) is 0.262. The van der Waals surface area contributed by atoms with E-state index in [4.69, 9.17) is 21.4 Å². The molecule has 0 aliphatic heterocycles. The Balaban J connectivity index is 3.29. The van der Waals surface area contributed by atoms with Crippen LogP contribution in [0.4, 0.5) is 0 Å². The van der Waals surface area contributed by atoms with Gasteiger partial charge in [-0.2, -0.15) is 0 Å². The van der Waals surface area contributed by atoms with Gasteiger partial charge in [-0.3, -0.25) is 0 Å². The maximum atomic E-state index is 11.6. The van der Waals surface area contributed by atoms with E-state index in [1.807, 2.05) is 0 Å². The monoisotopic (exact) mass is 397 g/mol. The number of hydrogen-bond acceptors (Lipinski definition) is 5. The first-order chi connectivity index (χ1) is 11.9. The quantitative estimate of drug-likeness (QED) is 0.222. The lowest BCUT2D eigenvalue weighted by molar-refractivity contribution is -0.136. The van der Waals surface area contributed by atoms with Crippen molar-refractivity contribution in [3.05, 3.63) is 51.3 Å². The lowest BCUT2D eigenvalue weighted by Crippen LogP contribution is -2.42. The molecule has 1 aromatic carbocycles. The number of rotatable bonds is 6. The highest BCUT2D eigenvalue weighted by atomic mass is 35.5. The topological polar surface area (TPSA) is 83.9 Å². The highest BCUT2D eigenvalue weighted by Crippen LogP contribution is 2.41. The second kappa shape index (κ2) is 8.67. The number of carbonyl (C=O) groups excluding carboxylic acids is 1. The van der Waals surface area contributed by atoms with E-state index in [1.54, 1.807) is 24.3 Å². The maximum Gasteiger partial charge on any atom is 0.505 e. The molecule has 0 aliphatic carbocycles. The molecule has 26 heavy (non-hydrogen) atoms. The van der Waals surface area contributed by atoms with Crippen LogP contribution in [0.3, 0.4) is 0 Å². The number of carbonyl (C=O) groups is 1. The van der Waals surface area contributed by atoms with Gasteiger partial charge in [-0.15, -0.1) is 0 Å². The smallest absolute Gasteiger partial charge is 0.505 e. The molecule has 0 radical (unpaired) electrons. The van der Waals surface area contributed by atoms with Gasteiger partial charge in [0.2, 0.25) is 5.39 Å². The number of halogens is 1. The summed E-state index contributed by atoms with van der Waals surface area (Å²) in [4.78, 5) is 14.5. The summed E-state index contributed by atoms with van der Waals surface area (Å²) in [5, 5.41) is 19.9. The maximum absolute atomic E-state index is 11.6. The van der Waals surface area contributed by atoms with E-state index in [0.29, 0.717) is 5.02 Å². The predicted octanol–water partition coefficient (Wildman–Crippen LogP) is 5.59. The van der Waals surface area contributed by atoms with Crippen molar-refractivity contribution in [2.45, 2.75) is 51.4 Å². The zero-order chi connectivity index (χ0) is 20.1. The molecule has 1 unspecified atom stereocenters. The number of aliphatic hydroxyl groups is 1. The molecule has 1 aromatic rings. The van der Waals surface area contributed by atoms with Crippen molar-refractivity contribution in [3.63, 3.8) is 0 Å². The van der Waals surface area contributed by atoms with Crippen LogP contribution < -0.4 is 0 Å². The van der Waals surface area contributed by atoms with E-state index in [2.05, 4.69) is 43.6 Å². The molecule has 6 nitrogen and oxygen atoms in total. The van der Waals surface area contributed by atoms with Gasteiger partial charge in [0.25, 0.3) is 0 Å². The minimum absolute atomic E-state index is 0.0391. The van der Waals surface area contributed by atoms with Crippen LogP contribution in [0, 0.1) is 5.39 Å². The normalized spacial score (nSPS) is 14.2.